The monoisotopic (exact) mass is 262 g/mol. The van der Waals surface area contributed by atoms with Gasteiger partial charge in [0.1, 0.15) is 11.5 Å². The molecule has 98 valence electrons. The fourth-order valence-electron chi connectivity index (χ4n) is 1.15. The number of halogens is 3. The summed E-state index contributed by atoms with van der Waals surface area (Å²) in [6.45, 7) is 0. The number of hydrogen-bond donors (Lipinski definition) is 2. The van der Waals surface area contributed by atoms with Crippen LogP contribution in [0.25, 0.3) is 6.08 Å². The van der Waals surface area contributed by atoms with Crippen molar-refractivity contribution in [3.8, 4) is 11.5 Å². The molecule has 0 radical (unpaired) electrons. The average molecular weight is 262 g/mol. The van der Waals surface area contributed by atoms with Gasteiger partial charge in [0.05, 0.1) is 6.42 Å². The summed E-state index contributed by atoms with van der Waals surface area (Å²) in [4.78, 5) is 10.2. The summed E-state index contributed by atoms with van der Waals surface area (Å²) in [5, 5.41) is 17.8. The number of hydrogen-bond acceptors (Lipinski definition) is 3. The number of phenolic OH excluding ortho intramolecular Hbond substituents is 1. The van der Waals surface area contributed by atoms with E-state index in [1.165, 1.54) is 18.2 Å². The van der Waals surface area contributed by atoms with Gasteiger partial charge in [-0.3, -0.25) is 4.79 Å². The molecular weight excluding hydrogens is 253 g/mol. The third-order valence-corrected chi connectivity index (χ3v) is 1.83. The maximum absolute atomic E-state index is 11.9. The number of carbonyl (C=O) groups is 1. The average Bonchev–Trinajstić information content (AvgIpc) is 2.18. The molecule has 0 amide bonds. The van der Waals surface area contributed by atoms with Gasteiger partial charge in [0.15, 0.2) is 0 Å². The Morgan fingerprint density at radius 1 is 1.39 bits per heavy atom. The molecule has 0 heterocycles. The predicted octanol–water partition coefficient (Wildman–Crippen LogP) is 2.78. The molecule has 7 heteroatoms. The van der Waals surface area contributed by atoms with E-state index in [4.69, 9.17) is 5.11 Å². The first-order valence-electron chi connectivity index (χ1n) is 4.75. The van der Waals surface area contributed by atoms with Gasteiger partial charge in [-0.2, -0.15) is 0 Å². The Morgan fingerprint density at radius 2 is 2.06 bits per heavy atom. The van der Waals surface area contributed by atoms with Crippen molar-refractivity contribution in [2.75, 3.05) is 0 Å². The van der Waals surface area contributed by atoms with E-state index in [0.717, 1.165) is 12.1 Å². The van der Waals surface area contributed by atoms with Crippen LogP contribution in [-0.2, 0) is 4.79 Å². The molecule has 0 unspecified atom stereocenters. The minimum Gasteiger partial charge on any atom is -0.507 e. The first-order chi connectivity index (χ1) is 8.28. The molecule has 2 N–H and O–H groups in total. The number of benzene rings is 1. The van der Waals surface area contributed by atoms with Crippen LogP contribution in [0.15, 0.2) is 24.3 Å². The second-order valence-electron chi connectivity index (χ2n) is 3.27. The van der Waals surface area contributed by atoms with E-state index in [1.807, 2.05) is 0 Å². The van der Waals surface area contributed by atoms with Crippen LogP contribution in [0.2, 0.25) is 0 Å². The van der Waals surface area contributed by atoms with Crippen LogP contribution in [-0.4, -0.2) is 22.5 Å². The van der Waals surface area contributed by atoms with Crippen LogP contribution in [0.5, 0.6) is 11.5 Å². The number of carboxylic acids is 1. The fraction of sp³-hybridized carbons (Fsp3) is 0.182. The number of phenols is 1. The molecule has 0 saturated heterocycles. The Labute approximate surface area is 99.9 Å². The zero-order valence-electron chi connectivity index (χ0n) is 8.94. The van der Waals surface area contributed by atoms with Gasteiger partial charge in [-0.05, 0) is 12.1 Å². The number of carboxylic acid groups (broad SMARTS) is 1. The lowest BCUT2D eigenvalue weighted by atomic mass is 10.1. The molecule has 0 fully saturated rings. The lowest BCUT2D eigenvalue weighted by molar-refractivity contribution is -0.274. The summed E-state index contributed by atoms with van der Waals surface area (Å²) in [5.41, 5.74) is 0.200. The number of aliphatic carboxylic acids is 1. The van der Waals surface area contributed by atoms with Crippen molar-refractivity contribution in [1.82, 2.24) is 0 Å². The molecule has 1 aromatic rings. The summed E-state index contributed by atoms with van der Waals surface area (Å²) in [7, 11) is 0. The Kier molecular flexibility index (Phi) is 4.19. The fourth-order valence-corrected chi connectivity index (χ4v) is 1.15. The van der Waals surface area contributed by atoms with Crippen molar-refractivity contribution in [3.63, 3.8) is 0 Å². The molecule has 0 aliphatic heterocycles. The van der Waals surface area contributed by atoms with Crippen LogP contribution in [0.4, 0.5) is 13.2 Å². The maximum Gasteiger partial charge on any atom is 0.573 e. The lowest BCUT2D eigenvalue weighted by Gasteiger charge is -2.09. The van der Waals surface area contributed by atoms with Crippen molar-refractivity contribution in [3.05, 3.63) is 29.8 Å². The minimum atomic E-state index is -4.83. The van der Waals surface area contributed by atoms with Crippen molar-refractivity contribution < 1.29 is 32.9 Å². The molecule has 0 bridgehead atoms. The predicted molar refractivity (Wildman–Crippen MR) is 56.1 cm³/mol. The number of rotatable bonds is 4. The number of aromatic hydroxyl groups is 1. The maximum atomic E-state index is 11.9. The smallest absolute Gasteiger partial charge is 0.507 e. The Hall–Kier alpha value is -2.18. The van der Waals surface area contributed by atoms with Crippen molar-refractivity contribution >= 4 is 12.0 Å². The van der Waals surface area contributed by atoms with E-state index in [0.29, 0.717) is 0 Å². The molecule has 0 aliphatic carbocycles. The highest BCUT2D eigenvalue weighted by Gasteiger charge is 2.31. The summed E-state index contributed by atoms with van der Waals surface area (Å²) in [6, 6.07) is 3.01. The minimum absolute atomic E-state index is 0.200. The Morgan fingerprint density at radius 3 is 2.56 bits per heavy atom. The molecule has 18 heavy (non-hydrogen) atoms. The van der Waals surface area contributed by atoms with Gasteiger partial charge in [0.25, 0.3) is 0 Å². The second kappa shape index (κ2) is 5.44. The largest absolute Gasteiger partial charge is 0.573 e. The van der Waals surface area contributed by atoms with Crippen LogP contribution in [0, 0.1) is 0 Å². The standard InChI is InChI=1S/C11H9F3O4/c12-11(13,14)18-8-5-4-7(9(15)6-8)2-1-3-10(16)17/h1-2,4-6,15H,3H2,(H,16,17). The summed E-state index contributed by atoms with van der Waals surface area (Å²) in [6.07, 6.45) is -2.52. The van der Waals surface area contributed by atoms with E-state index in [2.05, 4.69) is 4.74 Å². The van der Waals surface area contributed by atoms with Gasteiger partial charge in [-0.1, -0.05) is 12.2 Å². The van der Waals surface area contributed by atoms with E-state index < -0.39 is 23.8 Å². The molecular formula is C11H9F3O4. The van der Waals surface area contributed by atoms with E-state index >= 15 is 0 Å². The van der Waals surface area contributed by atoms with Gasteiger partial charge < -0.3 is 14.9 Å². The molecule has 1 aromatic carbocycles. The lowest BCUT2D eigenvalue weighted by Crippen LogP contribution is -2.17. The van der Waals surface area contributed by atoms with Crippen LogP contribution in [0.1, 0.15) is 12.0 Å². The van der Waals surface area contributed by atoms with Gasteiger partial charge in [-0.15, -0.1) is 13.2 Å². The third kappa shape index (κ3) is 4.77. The third-order valence-electron chi connectivity index (χ3n) is 1.83. The molecule has 0 atom stereocenters. The number of ether oxygens (including phenoxy) is 1. The first-order valence-corrected chi connectivity index (χ1v) is 4.75. The summed E-state index contributed by atoms with van der Waals surface area (Å²) >= 11 is 0. The SMILES string of the molecule is O=C(O)CC=Cc1ccc(OC(F)(F)F)cc1O. The quantitative estimate of drug-likeness (QED) is 0.875. The highest BCUT2D eigenvalue weighted by atomic mass is 19.4. The van der Waals surface area contributed by atoms with Gasteiger partial charge >= 0.3 is 12.3 Å². The van der Waals surface area contributed by atoms with Gasteiger partial charge in [0.2, 0.25) is 0 Å². The topological polar surface area (TPSA) is 66.8 Å². The van der Waals surface area contributed by atoms with Gasteiger partial charge in [-0.25, -0.2) is 0 Å². The van der Waals surface area contributed by atoms with Crippen LogP contribution in [0.3, 0.4) is 0 Å². The zero-order valence-corrected chi connectivity index (χ0v) is 8.94. The van der Waals surface area contributed by atoms with E-state index in [1.54, 1.807) is 0 Å². The number of alkyl halides is 3. The summed E-state index contributed by atoms with van der Waals surface area (Å²) < 4.78 is 39.2. The molecule has 0 saturated carbocycles. The van der Waals surface area contributed by atoms with E-state index in [-0.39, 0.29) is 12.0 Å². The summed E-state index contributed by atoms with van der Waals surface area (Å²) in [5.74, 6) is -2.03. The first kappa shape index (κ1) is 13.9. The zero-order chi connectivity index (χ0) is 13.8. The molecule has 0 spiro atoms. The van der Waals surface area contributed by atoms with E-state index in [9.17, 15) is 23.1 Å². The van der Waals surface area contributed by atoms with Gasteiger partial charge in [0, 0.05) is 11.6 Å². The highest BCUT2D eigenvalue weighted by molar-refractivity contribution is 5.71. The van der Waals surface area contributed by atoms with Crippen LogP contribution >= 0.6 is 0 Å². The van der Waals surface area contributed by atoms with Crippen molar-refractivity contribution in [1.29, 1.82) is 0 Å². The van der Waals surface area contributed by atoms with Crippen molar-refractivity contribution in [2.45, 2.75) is 12.8 Å². The molecule has 4 nitrogen and oxygen atoms in total. The second-order valence-corrected chi connectivity index (χ2v) is 3.27. The normalized spacial score (nSPS) is 11.7. The van der Waals surface area contributed by atoms with Crippen molar-refractivity contribution in [2.24, 2.45) is 0 Å². The molecule has 0 aliphatic rings. The Bertz CT molecular complexity index is 466. The Balaban J connectivity index is 2.80. The van der Waals surface area contributed by atoms with Crippen LogP contribution < -0.4 is 4.74 Å². The molecule has 1 rings (SSSR count). The molecule has 0 aromatic heterocycles. The highest BCUT2D eigenvalue weighted by Crippen LogP contribution is 2.28.